The van der Waals surface area contributed by atoms with E-state index >= 15 is 0 Å². The van der Waals surface area contributed by atoms with Crippen LogP contribution >= 0.6 is 11.6 Å². The Morgan fingerprint density at radius 3 is 2.45 bits per heavy atom. The molecule has 3 atom stereocenters. The Bertz CT molecular complexity index is 980. The van der Waals surface area contributed by atoms with Gasteiger partial charge in [0.2, 0.25) is 0 Å². The average molecular weight is 435 g/mol. The zero-order chi connectivity index (χ0) is 20.6. The first-order valence-corrected chi connectivity index (χ1v) is 11.4. The highest BCUT2D eigenvalue weighted by molar-refractivity contribution is 7.86. The van der Waals surface area contributed by atoms with Crippen molar-refractivity contribution < 1.29 is 17.5 Å². The molecule has 2 fully saturated rings. The van der Waals surface area contributed by atoms with Gasteiger partial charge in [0.1, 0.15) is 0 Å². The van der Waals surface area contributed by atoms with E-state index in [-0.39, 0.29) is 10.9 Å². The lowest BCUT2D eigenvalue weighted by Gasteiger charge is -2.36. The van der Waals surface area contributed by atoms with Crippen molar-refractivity contribution in [2.75, 3.05) is 19.6 Å². The van der Waals surface area contributed by atoms with Gasteiger partial charge in [-0.25, -0.2) is 0 Å². The Morgan fingerprint density at radius 2 is 1.79 bits per heavy atom. The first-order valence-electron chi connectivity index (χ1n) is 9.64. The highest BCUT2D eigenvalue weighted by Gasteiger charge is 2.40. The van der Waals surface area contributed by atoms with E-state index in [1.165, 1.54) is 12.1 Å². The second kappa shape index (κ2) is 8.07. The molecule has 2 bridgehead atoms. The fraction of sp³-hybridized carbons (Fsp3) is 0.381. The normalized spacial score (nSPS) is 23.7. The highest BCUT2D eigenvalue weighted by Crippen LogP contribution is 2.31. The number of amides is 1. The van der Waals surface area contributed by atoms with Gasteiger partial charge in [-0.15, -0.1) is 4.28 Å². The summed E-state index contributed by atoms with van der Waals surface area (Å²) < 4.78 is 31.3. The van der Waals surface area contributed by atoms with Crippen molar-refractivity contribution in [1.82, 2.24) is 9.96 Å². The summed E-state index contributed by atoms with van der Waals surface area (Å²) in [7, 11) is -4.14. The third kappa shape index (κ3) is 4.48. The van der Waals surface area contributed by atoms with E-state index in [2.05, 4.69) is 4.90 Å². The van der Waals surface area contributed by atoms with Gasteiger partial charge < -0.3 is 4.90 Å². The number of nitrogens with zero attached hydrogens (tertiary/aromatic N) is 2. The summed E-state index contributed by atoms with van der Waals surface area (Å²) >= 11 is 5.93. The van der Waals surface area contributed by atoms with Crippen molar-refractivity contribution in [2.45, 2.75) is 30.7 Å². The summed E-state index contributed by atoms with van der Waals surface area (Å²) in [6, 6.07) is 12.4. The quantitative estimate of drug-likeness (QED) is 0.674. The largest absolute Gasteiger partial charge is 0.317 e. The number of carbonyl (C=O) groups excluding carboxylic acids is 1. The Hall–Kier alpha value is -1.93. The molecule has 2 aromatic rings. The Labute approximate surface area is 176 Å². The number of benzene rings is 2. The molecule has 4 rings (SSSR count). The molecule has 0 N–H and O–H groups in total. The Balaban J connectivity index is 1.65. The van der Waals surface area contributed by atoms with Crippen molar-refractivity contribution in [3.05, 3.63) is 64.7 Å². The summed E-state index contributed by atoms with van der Waals surface area (Å²) in [5.74, 6) is -0.0372. The molecule has 2 aliphatic rings. The van der Waals surface area contributed by atoms with Gasteiger partial charge in [0.15, 0.2) is 0 Å². The van der Waals surface area contributed by atoms with Crippen molar-refractivity contribution >= 4 is 27.6 Å². The number of fused-ring (bicyclic) bond motifs is 2. The second-order valence-corrected chi connectivity index (χ2v) is 9.75. The molecule has 0 aromatic heterocycles. The van der Waals surface area contributed by atoms with Gasteiger partial charge in [-0.1, -0.05) is 29.3 Å². The fourth-order valence-electron chi connectivity index (χ4n) is 4.03. The summed E-state index contributed by atoms with van der Waals surface area (Å²) in [6.45, 7) is 4.43. The van der Waals surface area contributed by atoms with Gasteiger partial charge in [0, 0.05) is 23.7 Å². The summed E-state index contributed by atoms with van der Waals surface area (Å²) in [5, 5.41) is 1.56. The molecule has 0 spiro atoms. The second-order valence-electron chi connectivity index (χ2n) is 7.78. The number of hydroxylamine groups is 2. The minimum absolute atomic E-state index is 0.0242. The van der Waals surface area contributed by atoms with Gasteiger partial charge in [0.25, 0.3) is 5.91 Å². The maximum Gasteiger partial charge on any atom is 0.317 e. The van der Waals surface area contributed by atoms with Crippen LogP contribution < -0.4 is 0 Å². The zero-order valence-corrected chi connectivity index (χ0v) is 17.7. The number of piperidine rings is 1. The third-order valence-electron chi connectivity index (χ3n) is 5.56. The monoisotopic (exact) mass is 434 g/mol. The first kappa shape index (κ1) is 20.3. The van der Waals surface area contributed by atoms with E-state index in [4.69, 9.17) is 15.9 Å². The van der Waals surface area contributed by atoms with Gasteiger partial charge in [-0.05, 0) is 68.6 Å². The van der Waals surface area contributed by atoms with Crippen LogP contribution in [0.1, 0.15) is 28.8 Å². The van der Waals surface area contributed by atoms with Gasteiger partial charge in [-0.3, -0.25) is 4.79 Å². The molecule has 1 unspecified atom stereocenters. The first-order chi connectivity index (χ1) is 13.8. The predicted octanol–water partition coefficient (Wildman–Crippen LogP) is 3.51. The molecule has 2 heterocycles. The van der Waals surface area contributed by atoms with Crippen LogP contribution in [0.3, 0.4) is 0 Å². The lowest BCUT2D eigenvalue weighted by molar-refractivity contribution is -0.0742. The Kier molecular flexibility index (Phi) is 5.66. The Morgan fingerprint density at radius 1 is 1.10 bits per heavy atom. The van der Waals surface area contributed by atoms with Crippen LogP contribution in [0.15, 0.2) is 53.4 Å². The summed E-state index contributed by atoms with van der Waals surface area (Å²) in [4.78, 5) is 15.5. The van der Waals surface area contributed by atoms with E-state index < -0.39 is 16.0 Å². The molecule has 1 amide bonds. The van der Waals surface area contributed by atoms with Crippen LogP contribution in [-0.4, -0.2) is 50.0 Å². The van der Waals surface area contributed by atoms with Crippen LogP contribution in [0.4, 0.5) is 0 Å². The van der Waals surface area contributed by atoms with Crippen LogP contribution in [-0.2, 0) is 14.4 Å². The summed E-state index contributed by atoms with van der Waals surface area (Å²) in [5.41, 5.74) is 1.27. The maximum atomic E-state index is 13.2. The lowest BCUT2D eigenvalue weighted by atomic mass is 9.96. The molecule has 2 aliphatic heterocycles. The molecule has 0 aliphatic carbocycles. The van der Waals surface area contributed by atoms with E-state index in [0.717, 1.165) is 36.6 Å². The van der Waals surface area contributed by atoms with Crippen molar-refractivity contribution in [2.24, 2.45) is 5.92 Å². The van der Waals surface area contributed by atoms with Crippen LogP contribution in [0.2, 0.25) is 5.02 Å². The molecule has 0 saturated carbocycles. The maximum absolute atomic E-state index is 13.2. The molecule has 6 nitrogen and oxygen atoms in total. The van der Waals surface area contributed by atoms with Crippen LogP contribution in [0.5, 0.6) is 0 Å². The molecule has 2 aromatic carbocycles. The number of hydrogen-bond donors (Lipinski definition) is 0. The number of carbonyl (C=O) groups is 1. The van der Waals surface area contributed by atoms with E-state index in [1.54, 1.807) is 36.4 Å². The van der Waals surface area contributed by atoms with E-state index in [0.29, 0.717) is 23.0 Å². The standard InChI is InChI=1S/C21H23ClN2O4S/c1-15-2-8-20(9-3-15)29(26,27)28-24(19-12-16-10-11-23(13-16)14-19)21(25)17-4-6-18(22)7-5-17/h2-9,16,19H,10-14H2,1H3/t16-,19-/m0/s1. The SMILES string of the molecule is Cc1ccc(S(=O)(=O)ON(C(=O)c2ccc(Cl)cc2)[C@H]2C[C@@H]3CCN(C3)C2)cc1. The molecule has 0 radical (unpaired) electrons. The minimum Gasteiger partial charge on any atom is -0.301 e. The number of rotatable bonds is 5. The predicted molar refractivity (Wildman–Crippen MR) is 110 cm³/mol. The molecule has 2 saturated heterocycles. The highest BCUT2D eigenvalue weighted by atomic mass is 35.5. The fourth-order valence-corrected chi connectivity index (χ4v) is 5.11. The number of halogens is 1. The van der Waals surface area contributed by atoms with Gasteiger partial charge in [-0.2, -0.15) is 13.5 Å². The average Bonchev–Trinajstić information content (AvgIpc) is 3.04. The van der Waals surface area contributed by atoms with Crippen LogP contribution in [0, 0.1) is 12.8 Å². The molecular weight excluding hydrogens is 412 g/mol. The van der Waals surface area contributed by atoms with Gasteiger partial charge in [0.05, 0.1) is 10.9 Å². The zero-order valence-electron chi connectivity index (χ0n) is 16.1. The number of aryl methyl sites for hydroxylation is 1. The summed E-state index contributed by atoms with van der Waals surface area (Å²) in [6.07, 6.45) is 1.78. The van der Waals surface area contributed by atoms with Crippen LogP contribution in [0.25, 0.3) is 0 Å². The van der Waals surface area contributed by atoms with E-state index in [1.807, 2.05) is 6.92 Å². The van der Waals surface area contributed by atoms with Crippen molar-refractivity contribution in [3.8, 4) is 0 Å². The molecule has 8 heteroatoms. The lowest BCUT2D eigenvalue weighted by Crippen LogP contribution is -2.50. The minimum atomic E-state index is -4.14. The molecule has 154 valence electrons. The molecular formula is C21H23ClN2O4S. The molecule has 29 heavy (non-hydrogen) atoms. The van der Waals surface area contributed by atoms with E-state index in [9.17, 15) is 13.2 Å². The topological polar surface area (TPSA) is 66.9 Å². The number of hydrogen-bond acceptors (Lipinski definition) is 5. The third-order valence-corrected chi connectivity index (χ3v) is 7.01. The van der Waals surface area contributed by atoms with Crippen molar-refractivity contribution in [3.63, 3.8) is 0 Å². The van der Waals surface area contributed by atoms with Gasteiger partial charge >= 0.3 is 10.1 Å². The van der Waals surface area contributed by atoms with Crippen molar-refractivity contribution in [1.29, 1.82) is 0 Å². The smallest absolute Gasteiger partial charge is 0.301 e.